The fourth-order valence-electron chi connectivity index (χ4n) is 1.68. The summed E-state index contributed by atoms with van der Waals surface area (Å²) in [5.41, 5.74) is 6.69. The number of ether oxygens (including phenoxy) is 1. The van der Waals surface area contributed by atoms with Gasteiger partial charge in [-0.1, -0.05) is 0 Å². The van der Waals surface area contributed by atoms with E-state index in [1.807, 2.05) is 6.92 Å². The summed E-state index contributed by atoms with van der Waals surface area (Å²) in [6.07, 6.45) is 0.559. The number of anilines is 1. The van der Waals surface area contributed by atoms with E-state index < -0.39 is 0 Å². The number of rotatable bonds is 6. The normalized spacial score (nSPS) is 10.2. The molecule has 0 spiro atoms. The third-order valence-electron chi connectivity index (χ3n) is 2.75. The second kappa shape index (κ2) is 6.86. The lowest BCUT2D eigenvalue weighted by Crippen LogP contribution is -2.32. The molecular weight excluding hydrogens is 232 g/mol. The number of carbonyl (C=O) groups is 1. The first-order chi connectivity index (χ1) is 8.63. The minimum absolute atomic E-state index is 0.0668. The van der Waals surface area contributed by atoms with Crippen LogP contribution in [0.5, 0.6) is 5.75 Å². The lowest BCUT2D eigenvalue weighted by Gasteiger charge is -2.21. The van der Waals surface area contributed by atoms with E-state index in [1.165, 1.54) is 0 Å². The highest BCUT2D eigenvalue weighted by Crippen LogP contribution is 2.21. The maximum Gasteiger partial charge on any atom is 0.256 e. The summed E-state index contributed by atoms with van der Waals surface area (Å²) in [4.78, 5) is 13.9. The van der Waals surface area contributed by atoms with Gasteiger partial charge in [0.1, 0.15) is 5.75 Å². The molecule has 0 aliphatic rings. The Bertz CT molecular complexity index is 407. The fourth-order valence-corrected chi connectivity index (χ4v) is 1.68. The molecule has 0 bridgehead atoms. The Morgan fingerprint density at radius 2 is 2.22 bits per heavy atom. The standard InChI is InChI=1S/C13H20N2O3/c1-3-15(7-4-8-16)13(17)11-9-10(18-2)5-6-12(11)14/h5-6,9,16H,3-4,7-8,14H2,1-2H3. The van der Waals surface area contributed by atoms with E-state index in [-0.39, 0.29) is 12.5 Å². The van der Waals surface area contributed by atoms with Gasteiger partial charge >= 0.3 is 0 Å². The zero-order chi connectivity index (χ0) is 13.5. The maximum absolute atomic E-state index is 12.3. The van der Waals surface area contributed by atoms with Gasteiger partial charge in [-0.25, -0.2) is 0 Å². The van der Waals surface area contributed by atoms with Gasteiger partial charge in [-0.15, -0.1) is 0 Å². The Kier molecular flexibility index (Phi) is 5.45. The number of carbonyl (C=O) groups excluding carboxylic acids is 1. The minimum Gasteiger partial charge on any atom is -0.497 e. The molecule has 1 rings (SSSR count). The number of aliphatic hydroxyl groups excluding tert-OH is 1. The van der Waals surface area contributed by atoms with Gasteiger partial charge in [0.15, 0.2) is 0 Å². The van der Waals surface area contributed by atoms with Crippen LogP contribution in [-0.4, -0.2) is 42.7 Å². The Labute approximate surface area is 107 Å². The molecule has 5 nitrogen and oxygen atoms in total. The summed E-state index contributed by atoms with van der Waals surface area (Å²) in [6.45, 7) is 3.06. The molecule has 0 unspecified atom stereocenters. The summed E-state index contributed by atoms with van der Waals surface area (Å²) >= 11 is 0. The lowest BCUT2D eigenvalue weighted by molar-refractivity contribution is 0.0755. The van der Waals surface area contributed by atoms with Crippen molar-refractivity contribution in [2.75, 3.05) is 32.5 Å². The molecule has 3 N–H and O–H groups in total. The zero-order valence-corrected chi connectivity index (χ0v) is 10.8. The van der Waals surface area contributed by atoms with Crippen LogP contribution in [0.2, 0.25) is 0 Å². The van der Waals surface area contributed by atoms with Gasteiger partial charge in [-0.05, 0) is 31.5 Å². The van der Waals surface area contributed by atoms with Gasteiger partial charge in [0.25, 0.3) is 5.91 Å². The topological polar surface area (TPSA) is 75.8 Å². The van der Waals surface area contributed by atoms with Crippen molar-refractivity contribution in [3.8, 4) is 5.75 Å². The van der Waals surface area contributed by atoms with E-state index in [0.717, 1.165) is 0 Å². The molecular formula is C13H20N2O3. The summed E-state index contributed by atoms with van der Waals surface area (Å²) in [5, 5.41) is 8.82. The van der Waals surface area contributed by atoms with E-state index in [4.69, 9.17) is 15.6 Å². The molecule has 0 radical (unpaired) electrons. The van der Waals surface area contributed by atoms with E-state index >= 15 is 0 Å². The number of nitrogens with two attached hydrogens (primary N) is 1. The van der Waals surface area contributed by atoms with Crippen LogP contribution in [0, 0.1) is 0 Å². The summed E-state index contributed by atoms with van der Waals surface area (Å²) in [6, 6.07) is 5.02. The van der Waals surface area contributed by atoms with Gasteiger partial charge in [-0.3, -0.25) is 4.79 Å². The molecule has 0 atom stereocenters. The molecule has 0 fully saturated rings. The molecule has 0 saturated carbocycles. The summed E-state index contributed by atoms with van der Waals surface area (Å²) in [7, 11) is 1.54. The van der Waals surface area contributed by atoms with E-state index in [9.17, 15) is 4.79 Å². The second-order valence-corrected chi connectivity index (χ2v) is 3.92. The van der Waals surface area contributed by atoms with Crippen molar-refractivity contribution in [2.24, 2.45) is 0 Å². The number of aliphatic hydroxyl groups is 1. The van der Waals surface area contributed by atoms with Crippen LogP contribution in [0.15, 0.2) is 18.2 Å². The van der Waals surface area contributed by atoms with E-state index in [1.54, 1.807) is 30.2 Å². The van der Waals surface area contributed by atoms with E-state index in [2.05, 4.69) is 0 Å². The number of methoxy groups -OCH3 is 1. The average molecular weight is 252 g/mol. The predicted molar refractivity (Wildman–Crippen MR) is 70.7 cm³/mol. The molecule has 5 heteroatoms. The molecule has 1 aromatic rings. The van der Waals surface area contributed by atoms with Crippen LogP contribution < -0.4 is 10.5 Å². The average Bonchev–Trinajstić information content (AvgIpc) is 2.40. The Hall–Kier alpha value is -1.75. The smallest absolute Gasteiger partial charge is 0.256 e. The van der Waals surface area contributed by atoms with Crippen LogP contribution >= 0.6 is 0 Å². The van der Waals surface area contributed by atoms with Crippen LogP contribution in [-0.2, 0) is 0 Å². The second-order valence-electron chi connectivity index (χ2n) is 3.92. The Morgan fingerprint density at radius 3 is 2.78 bits per heavy atom. The minimum atomic E-state index is -0.137. The number of nitrogens with zero attached hydrogens (tertiary/aromatic N) is 1. The molecule has 18 heavy (non-hydrogen) atoms. The van der Waals surface area contributed by atoms with Crippen molar-refractivity contribution in [3.05, 3.63) is 23.8 Å². The van der Waals surface area contributed by atoms with Gasteiger partial charge in [-0.2, -0.15) is 0 Å². The van der Waals surface area contributed by atoms with Gasteiger partial charge in [0.05, 0.1) is 12.7 Å². The monoisotopic (exact) mass is 252 g/mol. The first-order valence-electron chi connectivity index (χ1n) is 5.97. The van der Waals surface area contributed by atoms with Gasteiger partial charge in [0, 0.05) is 25.4 Å². The maximum atomic E-state index is 12.3. The Balaban J connectivity index is 2.93. The van der Waals surface area contributed by atoms with Gasteiger partial charge < -0.3 is 20.5 Å². The van der Waals surface area contributed by atoms with Gasteiger partial charge in [0.2, 0.25) is 0 Å². The van der Waals surface area contributed by atoms with Crippen molar-refractivity contribution in [1.82, 2.24) is 4.90 Å². The van der Waals surface area contributed by atoms with Crippen LogP contribution in [0.1, 0.15) is 23.7 Å². The zero-order valence-electron chi connectivity index (χ0n) is 10.8. The number of hydrogen-bond donors (Lipinski definition) is 2. The third-order valence-corrected chi connectivity index (χ3v) is 2.75. The van der Waals surface area contributed by atoms with Crippen molar-refractivity contribution >= 4 is 11.6 Å². The number of hydrogen-bond acceptors (Lipinski definition) is 4. The molecule has 1 aromatic carbocycles. The molecule has 0 saturated heterocycles. The highest BCUT2D eigenvalue weighted by molar-refractivity contribution is 5.99. The Morgan fingerprint density at radius 1 is 1.50 bits per heavy atom. The lowest BCUT2D eigenvalue weighted by atomic mass is 10.1. The molecule has 100 valence electrons. The molecule has 0 aromatic heterocycles. The first-order valence-corrected chi connectivity index (χ1v) is 5.97. The largest absolute Gasteiger partial charge is 0.497 e. The highest BCUT2D eigenvalue weighted by atomic mass is 16.5. The van der Waals surface area contributed by atoms with Crippen molar-refractivity contribution in [2.45, 2.75) is 13.3 Å². The van der Waals surface area contributed by atoms with Crippen LogP contribution in [0.4, 0.5) is 5.69 Å². The van der Waals surface area contributed by atoms with Crippen molar-refractivity contribution in [3.63, 3.8) is 0 Å². The quantitative estimate of drug-likeness (QED) is 0.744. The van der Waals surface area contributed by atoms with Crippen molar-refractivity contribution < 1.29 is 14.6 Å². The number of amides is 1. The SMILES string of the molecule is CCN(CCCO)C(=O)c1cc(OC)ccc1N. The first kappa shape index (κ1) is 14.3. The van der Waals surface area contributed by atoms with E-state index in [0.29, 0.717) is 36.5 Å². The highest BCUT2D eigenvalue weighted by Gasteiger charge is 2.17. The van der Waals surface area contributed by atoms with Crippen molar-refractivity contribution in [1.29, 1.82) is 0 Å². The summed E-state index contributed by atoms with van der Waals surface area (Å²) < 4.78 is 5.09. The molecule has 0 aliphatic heterocycles. The number of nitrogen functional groups attached to an aromatic ring is 1. The molecule has 1 amide bonds. The molecule has 0 aliphatic carbocycles. The fraction of sp³-hybridized carbons (Fsp3) is 0.462. The number of benzene rings is 1. The van der Waals surface area contributed by atoms with Crippen LogP contribution in [0.25, 0.3) is 0 Å². The third kappa shape index (κ3) is 3.37. The molecule has 0 heterocycles. The van der Waals surface area contributed by atoms with Crippen LogP contribution in [0.3, 0.4) is 0 Å². The summed E-state index contributed by atoms with van der Waals surface area (Å²) in [5.74, 6) is 0.466. The predicted octanol–water partition coefficient (Wildman–Crippen LogP) is 1.12.